The minimum atomic E-state index is 0.619. The van der Waals surface area contributed by atoms with E-state index in [1.54, 1.807) is 6.07 Å². The second-order valence-corrected chi connectivity index (χ2v) is 8.35. The van der Waals surface area contributed by atoms with Crippen LogP contribution < -0.4 is 0 Å². The van der Waals surface area contributed by atoms with Gasteiger partial charge in [0.25, 0.3) is 0 Å². The van der Waals surface area contributed by atoms with Crippen LogP contribution in [-0.4, -0.2) is 0 Å². The van der Waals surface area contributed by atoms with Crippen LogP contribution in [0.15, 0.2) is 115 Å². The van der Waals surface area contributed by atoms with Crippen molar-refractivity contribution in [3.05, 3.63) is 132 Å². The highest BCUT2D eigenvalue weighted by molar-refractivity contribution is 6.16. The van der Waals surface area contributed by atoms with Gasteiger partial charge in [-0.25, -0.2) is 0 Å². The monoisotopic (exact) mass is 429 g/mol. The van der Waals surface area contributed by atoms with Crippen LogP contribution in [0.1, 0.15) is 16.7 Å². The van der Waals surface area contributed by atoms with Crippen LogP contribution in [0.25, 0.3) is 43.4 Å². The summed E-state index contributed by atoms with van der Waals surface area (Å²) in [5.74, 6) is 6.75. The van der Waals surface area contributed by atoms with Gasteiger partial charge in [-0.2, -0.15) is 5.26 Å². The third kappa shape index (κ3) is 3.38. The quantitative estimate of drug-likeness (QED) is 0.191. The van der Waals surface area contributed by atoms with Crippen molar-refractivity contribution in [3.8, 4) is 29.0 Å². The number of nitrogens with zero attached hydrogens (tertiary/aromatic N) is 1. The molecule has 0 heterocycles. The zero-order valence-electron chi connectivity index (χ0n) is 18.4. The zero-order valence-corrected chi connectivity index (χ0v) is 18.4. The summed E-state index contributed by atoms with van der Waals surface area (Å²) < 4.78 is 0. The Balaban J connectivity index is 1.66. The molecular weight excluding hydrogens is 410 g/mol. The molecule has 0 N–H and O–H groups in total. The maximum Gasteiger partial charge on any atom is 0.0992 e. The van der Waals surface area contributed by atoms with Crippen molar-refractivity contribution in [2.24, 2.45) is 0 Å². The summed E-state index contributed by atoms with van der Waals surface area (Å²) in [6, 6.07) is 41.8. The molecule has 0 aliphatic rings. The van der Waals surface area contributed by atoms with Crippen molar-refractivity contribution < 1.29 is 0 Å². The number of hydrogen-bond acceptors (Lipinski definition) is 1. The van der Waals surface area contributed by atoms with Crippen LogP contribution in [0.4, 0.5) is 0 Å². The maximum atomic E-state index is 9.24. The Morgan fingerprint density at radius 1 is 0.471 bits per heavy atom. The van der Waals surface area contributed by atoms with Gasteiger partial charge in [-0.3, -0.25) is 0 Å². The molecule has 0 fully saturated rings. The highest BCUT2D eigenvalue weighted by atomic mass is 14.2. The molecule has 0 amide bonds. The van der Waals surface area contributed by atoms with Crippen molar-refractivity contribution in [2.45, 2.75) is 0 Å². The lowest BCUT2D eigenvalue weighted by molar-refractivity contribution is 1.48. The fourth-order valence-corrected chi connectivity index (χ4v) is 4.72. The number of hydrogen-bond donors (Lipinski definition) is 0. The summed E-state index contributed by atoms with van der Waals surface area (Å²) >= 11 is 0. The Hall–Kier alpha value is -4.85. The number of nitriles is 1. The third-order valence-corrected chi connectivity index (χ3v) is 6.29. The molecule has 0 atom stereocenters. The predicted molar refractivity (Wildman–Crippen MR) is 142 cm³/mol. The highest BCUT2D eigenvalue weighted by Gasteiger charge is 2.14. The van der Waals surface area contributed by atoms with Crippen LogP contribution in [0.3, 0.4) is 0 Å². The molecule has 0 radical (unpaired) electrons. The summed E-state index contributed by atoms with van der Waals surface area (Å²) in [6.45, 7) is 0. The van der Waals surface area contributed by atoms with E-state index in [0.717, 1.165) is 21.9 Å². The molecule has 156 valence electrons. The molecule has 6 aromatic rings. The Kier molecular flexibility index (Phi) is 4.81. The molecule has 6 rings (SSSR count). The van der Waals surface area contributed by atoms with Crippen molar-refractivity contribution in [3.63, 3.8) is 0 Å². The third-order valence-electron chi connectivity index (χ3n) is 6.29. The minimum Gasteiger partial charge on any atom is -0.192 e. The van der Waals surface area contributed by atoms with Crippen molar-refractivity contribution in [1.82, 2.24) is 0 Å². The lowest BCUT2D eigenvalue weighted by Gasteiger charge is -2.15. The van der Waals surface area contributed by atoms with E-state index in [4.69, 9.17) is 0 Å². The summed E-state index contributed by atoms with van der Waals surface area (Å²) in [4.78, 5) is 0. The molecule has 1 heteroatoms. The number of fused-ring (bicyclic) bond motifs is 3. The predicted octanol–water partition coefficient (Wildman–Crippen LogP) is 8.08. The SMILES string of the molecule is N#Cc1cccc(C#Cc2c3ccccc3c(-c3ccc4ccccc4c3)c3ccccc23)c1. The van der Waals surface area contributed by atoms with Crippen molar-refractivity contribution in [1.29, 1.82) is 5.26 Å². The van der Waals surface area contributed by atoms with Gasteiger partial charge in [0.15, 0.2) is 0 Å². The first kappa shape index (κ1) is 19.8. The van der Waals surface area contributed by atoms with Crippen molar-refractivity contribution in [2.75, 3.05) is 0 Å². The van der Waals surface area contributed by atoms with Crippen LogP contribution in [0.5, 0.6) is 0 Å². The Morgan fingerprint density at radius 3 is 1.79 bits per heavy atom. The van der Waals surface area contributed by atoms with Gasteiger partial charge in [-0.05, 0) is 67.7 Å². The van der Waals surface area contributed by atoms with Gasteiger partial charge < -0.3 is 0 Å². The maximum absolute atomic E-state index is 9.24. The Bertz CT molecular complexity index is 1770. The molecule has 6 aromatic carbocycles. The molecule has 0 aliphatic carbocycles. The topological polar surface area (TPSA) is 23.8 Å². The van der Waals surface area contributed by atoms with Gasteiger partial charge >= 0.3 is 0 Å². The van der Waals surface area contributed by atoms with Gasteiger partial charge in [0.2, 0.25) is 0 Å². The molecule has 34 heavy (non-hydrogen) atoms. The largest absolute Gasteiger partial charge is 0.192 e. The number of benzene rings is 6. The molecule has 0 bridgehead atoms. The average Bonchev–Trinajstić information content (AvgIpc) is 2.91. The molecule has 0 aliphatic heterocycles. The lowest BCUT2D eigenvalue weighted by Crippen LogP contribution is -1.91. The van der Waals surface area contributed by atoms with E-state index in [1.807, 2.05) is 18.2 Å². The Morgan fingerprint density at radius 2 is 1.09 bits per heavy atom. The molecule has 0 aromatic heterocycles. The molecule has 0 unspecified atom stereocenters. The van der Waals surface area contributed by atoms with E-state index in [-0.39, 0.29) is 0 Å². The normalized spacial score (nSPS) is 10.7. The van der Waals surface area contributed by atoms with Gasteiger partial charge in [0, 0.05) is 11.1 Å². The summed E-state index contributed by atoms with van der Waals surface area (Å²) in [6.07, 6.45) is 0. The fourth-order valence-electron chi connectivity index (χ4n) is 4.72. The summed E-state index contributed by atoms with van der Waals surface area (Å²) in [7, 11) is 0. The van der Waals surface area contributed by atoms with Crippen LogP contribution in [-0.2, 0) is 0 Å². The van der Waals surface area contributed by atoms with E-state index in [1.165, 1.54) is 32.7 Å². The fraction of sp³-hybridized carbons (Fsp3) is 0. The molecule has 0 saturated carbocycles. The van der Waals surface area contributed by atoms with Gasteiger partial charge in [0.1, 0.15) is 0 Å². The van der Waals surface area contributed by atoms with E-state index >= 15 is 0 Å². The van der Waals surface area contributed by atoms with Crippen molar-refractivity contribution >= 4 is 32.3 Å². The average molecular weight is 430 g/mol. The summed E-state index contributed by atoms with van der Waals surface area (Å²) in [5, 5.41) is 16.3. The standard InChI is InChI=1S/C33H19N/c34-22-24-9-7-8-23(20-24)16-19-30-28-12-3-5-14-31(28)33(32-15-6-4-13-29(30)32)27-18-17-25-10-1-2-11-26(25)21-27/h1-15,17-18,20-21H. The first-order valence-electron chi connectivity index (χ1n) is 11.3. The van der Waals surface area contributed by atoms with E-state index in [9.17, 15) is 5.26 Å². The van der Waals surface area contributed by atoms with Crippen LogP contribution in [0, 0.1) is 23.2 Å². The van der Waals surface area contributed by atoms with Crippen LogP contribution in [0.2, 0.25) is 0 Å². The lowest BCUT2D eigenvalue weighted by atomic mass is 9.88. The van der Waals surface area contributed by atoms with Crippen LogP contribution >= 0.6 is 0 Å². The van der Waals surface area contributed by atoms with E-state index in [0.29, 0.717) is 5.56 Å². The van der Waals surface area contributed by atoms with E-state index in [2.05, 4.69) is 109 Å². The smallest absolute Gasteiger partial charge is 0.0992 e. The molecule has 0 spiro atoms. The van der Waals surface area contributed by atoms with Gasteiger partial charge in [-0.1, -0.05) is 103 Å². The second kappa shape index (κ2) is 8.25. The first-order chi connectivity index (χ1) is 16.8. The Labute approximate surface area is 198 Å². The van der Waals surface area contributed by atoms with Gasteiger partial charge in [-0.15, -0.1) is 0 Å². The minimum absolute atomic E-state index is 0.619. The molecule has 1 nitrogen and oxygen atoms in total. The zero-order chi connectivity index (χ0) is 22.9. The molecular formula is C33H19N. The number of rotatable bonds is 1. The first-order valence-corrected chi connectivity index (χ1v) is 11.3. The molecule has 0 saturated heterocycles. The summed E-state index contributed by atoms with van der Waals surface area (Å²) in [5.41, 5.74) is 4.90. The highest BCUT2D eigenvalue weighted by Crippen LogP contribution is 2.39. The van der Waals surface area contributed by atoms with Gasteiger partial charge in [0.05, 0.1) is 11.6 Å². The second-order valence-electron chi connectivity index (χ2n) is 8.35. The van der Waals surface area contributed by atoms with E-state index < -0.39 is 0 Å².